The molecule has 150 valence electrons. The minimum Gasteiger partial charge on any atom is -0.497 e. The lowest BCUT2D eigenvalue weighted by Crippen LogP contribution is -2.25. The lowest BCUT2D eigenvalue weighted by molar-refractivity contribution is 0.0954. The van der Waals surface area contributed by atoms with E-state index in [1.165, 1.54) is 0 Å². The minimum atomic E-state index is -0.157. The van der Waals surface area contributed by atoms with E-state index in [1.807, 2.05) is 55.5 Å². The van der Waals surface area contributed by atoms with Crippen LogP contribution in [-0.2, 0) is 6.42 Å². The molecule has 1 heterocycles. The smallest absolute Gasteiger partial charge is 0.252 e. The molecule has 3 aromatic rings. The van der Waals surface area contributed by atoms with E-state index in [2.05, 4.69) is 15.6 Å². The molecule has 0 atom stereocenters. The van der Waals surface area contributed by atoms with Crippen LogP contribution in [0.2, 0.25) is 0 Å². The minimum absolute atomic E-state index is 0.157. The molecule has 0 saturated carbocycles. The van der Waals surface area contributed by atoms with E-state index in [0.29, 0.717) is 18.7 Å². The highest BCUT2D eigenvalue weighted by molar-refractivity contribution is 5.94. The standard InChI is InChI=1S/C23H25N3O3/c1-3-29-21-9-7-19(8-10-21)26-20-14-18(15-24-16-20)23(27)25-12-11-17-5-4-6-22(13-17)28-2/h4-10,13-16,26H,3,11-12H2,1-2H3,(H,25,27). The molecule has 0 aliphatic rings. The maximum absolute atomic E-state index is 12.5. The highest BCUT2D eigenvalue weighted by atomic mass is 16.5. The Labute approximate surface area is 170 Å². The van der Waals surface area contributed by atoms with Gasteiger partial charge < -0.3 is 20.1 Å². The molecular weight excluding hydrogens is 366 g/mol. The van der Waals surface area contributed by atoms with Crippen molar-refractivity contribution in [1.29, 1.82) is 0 Å². The number of carbonyl (C=O) groups is 1. The zero-order chi connectivity index (χ0) is 20.5. The number of hydrogen-bond donors (Lipinski definition) is 2. The first-order chi connectivity index (χ1) is 14.2. The molecule has 0 aliphatic carbocycles. The second-order valence-corrected chi connectivity index (χ2v) is 6.40. The summed E-state index contributed by atoms with van der Waals surface area (Å²) in [4.78, 5) is 16.6. The number of rotatable bonds is 9. The Balaban J connectivity index is 1.55. The Morgan fingerprint density at radius 3 is 2.59 bits per heavy atom. The lowest BCUT2D eigenvalue weighted by Gasteiger charge is -2.10. The van der Waals surface area contributed by atoms with Crippen molar-refractivity contribution >= 4 is 17.3 Å². The second kappa shape index (κ2) is 10.1. The van der Waals surface area contributed by atoms with Crippen LogP contribution in [0.1, 0.15) is 22.8 Å². The third-order valence-corrected chi connectivity index (χ3v) is 4.29. The normalized spacial score (nSPS) is 10.3. The first-order valence-electron chi connectivity index (χ1n) is 9.54. The van der Waals surface area contributed by atoms with E-state index in [1.54, 1.807) is 25.6 Å². The number of methoxy groups -OCH3 is 1. The summed E-state index contributed by atoms with van der Waals surface area (Å²) >= 11 is 0. The van der Waals surface area contributed by atoms with E-state index in [9.17, 15) is 4.79 Å². The first-order valence-corrected chi connectivity index (χ1v) is 9.54. The number of anilines is 2. The summed E-state index contributed by atoms with van der Waals surface area (Å²) in [5, 5.41) is 6.18. The van der Waals surface area contributed by atoms with Gasteiger partial charge >= 0.3 is 0 Å². The molecule has 0 fully saturated rings. The molecule has 2 aromatic carbocycles. The number of pyridine rings is 1. The van der Waals surface area contributed by atoms with Gasteiger partial charge in [0.15, 0.2) is 0 Å². The van der Waals surface area contributed by atoms with Crippen molar-refractivity contribution in [2.75, 3.05) is 25.6 Å². The van der Waals surface area contributed by atoms with Crippen LogP contribution >= 0.6 is 0 Å². The van der Waals surface area contributed by atoms with Crippen molar-refractivity contribution in [3.05, 3.63) is 78.1 Å². The molecule has 3 rings (SSSR count). The van der Waals surface area contributed by atoms with Gasteiger partial charge in [-0.3, -0.25) is 9.78 Å². The maximum atomic E-state index is 12.5. The Bertz CT molecular complexity index is 942. The second-order valence-electron chi connectivity index (χ2n) is 6.40. The Kier molecular flexibility index (Phi) is 7.05. The summed E-state index contributed by atoms with van der Waals surface area (Å²) in [7, 11) is 1.64. The molecule has 0 saturated heterocycles. The average molecular weight is 391 g/mol. The summed E-state index contributed by atoms with van der Waals surface area (Å²) in [5.41, 5.74) is 3.25. The van der Waals surface area contributed by atoms with E-state index in [0.717, 1.165) is 34.9 Å². The predicted molar refractivity (Wildman–Crippen MR) is 114 cm³/mol. The molecule has 0 aliphatic heterocycles. The van der Waals surface area contributed by atoms with E-state index in [4.69, 9.17) is 9.47 Å². The summed E-state index contributed by atoms with van der Waals surface area (Å²) < 4.78 is 10.7. The molecule has 1 aromatic heterocycles. The van der Waals surface area contributed by atoms with Gasteiger partial charge in [0.25, 0.3) is 5.91 Å². The molecule has 2 N–H and O–H groups in total. The van der Waals surface area contributed by atoms with Gasteiger partial charge in [-0.05, 0) is 61.4 Å². The molecule has 0 spiro atoms. The first kappa shape index (κ1) is 20.2. The van der Waals surface area contributed by atoms with Gasteiger partial charge in [-0.1, -0.05) is 12.1 Å². The molecule has 29 heavy (non-hydrogen) atoms. The molecule has 0 radical (unpaired) electrons. The molecule has 6 nitrogen and oxygen atoms in total. The van der Waals surface area contributed by atoms with Crippen LogP contribution in [0.3, 0.4) is 0 Å². The third-order valence-electron chi connectivity index (χ3n) is 4.29. The van der Waals surface area contributed by atoms with Gasteiger partial charge in [-0.15, -0.1) is 0 Å². The maximum Gasteiger partial charge on any atom is 0.252 e. The van der Waals surface area contributed by atoms with Crippen LogP contribution in [0.4, 0.5) is 11.4 Å². The Hall–Kier alpha value is -3.54. The third kappa shape index (κ3) is 5.97. The van der Waals surface area contributed by atoms with Crippen LogP contribution < -0.4 is 20.1 Å². The summed E-state index contributed by atoms with van der Waals surface area (Å²) in [6, 6.07) is 17.2. The summed E-state index contributed by atoms with van der Waals surface area (Å²) in [6.07, 6.45) is 3.97. The number of ether oxygens (including phenoxy) is 2. The van der Waals surface area contributed by atoms with Gasteiger partial charge in [0, 0.05) is 18.4 Å². The number of carbonyl (C=O) groups excluding carboxylic acids is 1. The molecule has 1 amide bonds. The summed E-state index contributed by atoms with van der Waals surface area (Å²) in [6.45, 7) is 3.11. The van der Waals surface area contributed by atoms with E-state index >= 15 is 0 Å². The predicted octanol–water partition coefficient (Wildman–Crippen LogP) is 4.21. The van der Waals surface area contributed by atoms with Crippen molar-refractivity contribution < 1.29 is 14.3 Å². The molecule has 0 bridgehead atoms. The number of hydrogen-bond acceptors (Lipinski definition) is 5. The zero-order valence-corrected chi connectivity index (χ0v) is 16.6. The van der Waals surface area contributed by atoms with Gasteiger partial charge in [-0.25, -0.2) is 0 Å². The Morgan fingerprint density at radius 1 is 1.00 bits per heavy atom. The van der Waals surface area contributed by atoms with Gasteiger partial charge in [0.2, 0.25) is 0 Å². The fourth-order valence-corrected chi connectivity index (χ4v) is 2.85. The number of amides is 1. The van der Waals surface area contributed by atoms with E-state index in [-0.39, 0.29) is 5.91 Å². The number of benzene rings is 2. The monoisotopic (exact) mass is 391 g/mol. The zero-order valence-electron chi connectivity index (χ0n) is 16.6. The fourth-order valence-electron chi connectivity index (χ4n) is 2.85. The van der Waals surface area contributed by atoms with Crippen LogP contribution in [0.5, 0.6) is 11.5 Å². The summed E-state index contributed by atoms with van der Waals surface area (Å²) in [5.74, 6) is 1.47. The van der Waals surface area contributed by atoms with Crippen molar-refractivity contribution in [3.8, 4) is 11.5 Å². The van der Waals surface area contributed by atoms with Crippen LogP contribution in [0.25, 0.3) is 0 Å². The van der Waals surface area contributed by atoms with Crippen molar-refractivity contribution in [1.82, 2.24) is 10.3 Å². The number of nitrogens with zero attached hydrogens (tertiary/aromatic N) is 1. The largest absolute Gasteiger partial charge is 0.497 e. The SMILES string of the molecule is CCOc1ccc(Nc2cncc(C(=O)NCCc3cccc(OC)c3)c2)cc1. The number of aromatic nitrogens is 1. The van der Waals surface area contributed by atoms with Crippen molar-refractivity contribution in [3.63, 3.8) is 0 Å². The molecular formula is C23H25N3O3. The highest BCUT2D eigenvalue weighted by Crippen LogP contribution is 2.20. The van der Waals surface area contributed by atoms with Crippen LogP contribution in [0.15, 0.2) is 67.0 Å². The van der Waals surface area contributed by atoms with Gasteiger partial charge in [0.1, 0.15) is 11.5 Å². The van der Waals surface area contributed by atoms with Crippen molar-refractivity contribution in [2.45, 2.75) is 13.3 Å². The molecule has 0 unspecified atom stereocenters. The molecule has 6 heteroatoms. The lowest BCUT2D eigenvalue weighted by atomic mass is 10.1. The van der Waals surface area contributed by atoms with Crippen LogP contribution in [0, 0.1) is 0 Å². The topological polar surface area (TPSA) is 72.5 Å². The van der Waals surface area contributed by atoms with Crippen molar-refractivity contribution in [2.24, 2.45) is 0 Å². The number of nitrogens with one attached hydrogen (secondary N) is 2. The van der Waals surface area contributed by atoms with E-state index < -0.39 is 0 Å². The van der Waals surface area contributed by atoms with Crippen LogP contribution in [-0.4, -0.2) is 31.2 Å². The van der Waals surface area contributed by atoms with Gasteiger partial charge in [0.05, 0.1) is 31.2 Å². The highest BCUT2D eigenvalue weighted by Gasteiger charge is 2.07. The fraction of sp³-hybridized carbons (Fsp3) is 0.217. The average Bonchev–Trinajstić information content (AvgIpc) is 2.75. The van der Waals surface area contributed by atoms with Gasteiger partial charge in [-0.2, -0.15) is 0 Å². The quantitative estimate of drug-likeness (QED) is 0.572. The Morgan fingerprint density at radius 2 is 1.83 bits per heavy atom.